The van der Waals surface area contributed by atoms with Gasteiger partial charge in [-0.2, -0.15) is 5.10 Å². The molecule has 1 aromatic heterocycles. The van der Waals surface area contributed by atoms with Gasteiger partial charge in [-0.05, 0) is 57.4 Å². The number of esters is 1. The number of aliphatic imine (C=N–C) groups is 1. The summed E-state index contributed by atoms with van der Waals surface area (Å²) in [6.07, 6.45) is 0.852. The largest absolute Gasteiger partial charge is 0.496 e. The van der Waals surface area contributed by atoms with Crippen molar-refractivity contribution in [2.24, 2.45) is 12.0 Å². The Bertz CT molecular complexity index is 904. The molecular formula is C22H33N5O3. The Balaban J connectivity index is 2.13. The van der Waals surface area contributed by atoms with Gasteiger partial charge in [-0.3, -0.25) is 4.68 Å². The molecule has 0 saturated heterocycles. The lowest BCUT2D eigenvalue weighted by Gasteiger charge is -2.18. The highest BCUT2D eigenvalue weighted by Gasteiger charge is 2.15. The number of carbonyl (C=O) groups is 1. The number of hydrogen-bond acceptors (Lipinski definition) is 5. The van der Waals surface area contributed by atoms with Crippen molar-refractivity contribution >= 4 is 11.9 Å². The fraction of sp³-hybridized carbons (Fsp3) is 0.500. The minimum atomic E-state index is -0.432. The molecular weight excluding hydrogens is 382 g/mol. The van der Waals surface area contributed by atoms with Crippen molar-refractivity contribution in [1.82, 2.24) is 20.4 Å². The van der Waals surface area contributed by atoms with Crippen LogP contribution in [0.1, 0.15) is 46.7 Å². The van der Waals surface area contributed by atoms with Gasteiger partial charge in [-0.1, -0.05) is 6.07 Å². The third-order valence-corrected chi connectivity index (χ3v) is 4.99. The van der Waals surface area contributed by atoms with E-state index in [1.54, 1.807) is 12.1 Å². The highest BCUT2D eigenvalue weighted by atomic mass is 16.5. The van der Waals surface area contributed by atoms with Crippen LogP contribution in [0.2, 0.25) is 0 Å². The number of nitrogens with one attached hydrogen (secondary N) is 2. The molecule has 8 nitrogen and oxygen atoms in total. The molecule has 0 aliphatic heterocycles. The summed E-state index contributed by atoms with van der Waals surface area (Å²) < 4.78 is 12.0. The Morgan fingerprint density at radius 2 is 2.03 bits per heavy atom. The van der Waals surface area contributed by atoms with Gasteiger partial charge in [0, 0.05) is 25.3 Å². The van der Waals surface area contributed by atoms with Crippen LogP contribution < -0.4 is 15.4 Å². The fourth-order valence-electron chi connectivity index (χ4n) is 3.32. The Kier molecular flexibility index (Phi) is 8.26. The number of benzene rings is 1. The van der Waals surface area contributed by atoms with Gasteiger partial charge in [0.15, 0.2) is 5.96 Å². The summed E-state index contributed by atoms with van der Waals surface area (Å²) >= 11 is 0. The fourth-order valence-corrected chi connectivity index (χ4v) is 3.32. The molecule has 8 heteroatoms. The smallest absolute Gasteiger partial charge is 0.341 e. The summed E-state index contributed by atoms with van der Waals surface area (Å²) in [6.45, 7) is 9.45. The Hall–Kier alpha value is -3.03. The number of methoxy groups -OCH3 is 2. The van der Waals surface area contributed by atoms with Crippen LogP contribution in [0.4, 0.5) is 0 Å². The minimum Gasteiger partial charge on any atom is -0.496 e. The maximum atomic E-state index is 12.0. The summed E-state index contributed by atoms with van der Waals surface area (Å²) in [5.74, 6) is 0.772. The standard InChI is InChI=1S/C22H33N5O3/c1-8-23-22(25-14(2)11-18-15(3)26-27(5)16(18)4)24-13-17-9-10-20(29-6)19(12-17)21(28)30-7/h9-10,12,14H,8,11,13H2,1-7H3,(H2,23,24,25). The average molecular weight is 416 g/mol. The van der Waals surface area contributed by atoms with Gasteiger partial charge < -0.3 is 20.1 Å². The molecule has 164 valence electrons. The van der Waals surface area contributed by atoms with Gasteiger partial charge in [-0.15, -0.1) is 0 Å². The number of carbonyl (C=O) groups excluding carboxylic acids is 1. The number of rotatable bonds is 8. The first-order valence-electron chi connectivity index (χ1n) is 10.1. The number of aromatic nitrogens is 2. The van der Waals surface area contributed by atoms with Gasteiger partial charge in [0.1, 0.15) is 11.3 Å². The molecule has 2 rings (SSSR count). The summed E-state index contributed by atoms with van der Waals surface area (Å²) in [4.78, 5) is 16.7. The molecule has 0 fully saturated rings. The van der Waals surface area contributed by atoms with Crippen LogP contribution in [-0.2, 0) is 24.8 Å². The molecule has 0 amide bonds. The maximum Gasteiger partial charge on any atom is 0.341 e. The van der Waals surface area contributed by atoms with E-state index in [4.69, 9.17) is 9.47 Å². The third-order valence-electron chi connectivity index (χ3n) is 4.99. The van der Waals surface area contributed by atoms with E-state index >= 15 is 0 Å². The van der Waals surface area contributed by atoms with Crippen LogP contribution in [0, 0.1) is 13.8 Å². The van der Waals surface area contributed by atoms with Crippen LogP contribution in [-0.4, -0.2) is 48.5 Å². The predicted molar refractivity (Wildman–Crippen MR) is 118 cm³/mol. The zero-order chi connectivity index (χ0) is 22.3. The highest BCUT2D eigenvalue weighted by Crippen LogP contribution is 2.21. The van der Waals surface area contributed by atoms with E-state index in [1.165, 1.54) is 25.5 Å². The van der Waals surface area contributed by atoms with Crippen molar-refractivity contribution in [2.75, 3.05) is 20.8 Å². The number of hydrogen-bond donors (Lipinski definition) is 2. The van der Waals surface area contributed by atoms with Crippen molar-refractivity contribution in [3.63, 3.8) is 0 Å². The Morgan fingerprint density at radius 3 is 2.60 bits per heavy atom. The molecule has 0 bridgehead atoms. The van der Waals surface area contributed by atoms with Crippen molar-refractivity contribution in [3.8, 4) is 5.75 Å². The first-order chi connectivity index (χ1) is 14.3. The normalized spacial score (nSPS) is 12.4. The van der Waals surface area contributed by atoms with Crippen molar-refractivity contribution in [3.05, 3.63) is 46.3 Å². The van der Waals surface area contributed by atoms with Crippen LogP contribution in [0.3, 0.4) is 0 Å². The van der Waals surface area contributed by atoms with Crippen molar-refractivity contribution < 1.29 is 14.3 Å². The number of nitrogens with zero attached hydrogens (tertiary/aromatic N) is 3. The first kappa shape index (κ1) is 23.3. The molecule has 1 heterocycles. The molecule has 2 N–H and O–H groups in total. The zero-order valence-electron chi connectivity index (χ0n) is 19.0. The molecule has 2 aromatic rings. The van der Waals surface area contributed by atoms with E-state index in [1.807, 2.05) is 31.6 Å². The van der Waals surface area contributed by atoms with E-state index in [0.717, 1.165) is 30.2 Å². The molecule has 0 aliphatic carbocycles. The van der Waals surface area contributed by atoms with E-state index in [9.17, 15) is 4.79 Å². The number of aryl methyl sites for hydroxylation is 2. The van der Waals surface area contributed by atoms with Crippen molar-refractivity contribution in [2.45, 2.75) is 46.7 Å². The molecule has 1 aromatic carbocycles. The summed E-state index contributed by atoms with van der Waals surface area (Å²) in [5, 5.41) is 11.2. The average Bonchev–Trinajstić information content (AvgIpc) is 2.97. The van der Waals surface area contributed by atoms with Gasteiger partial charge in [0.25, 0.3) is 0 Å². The van der Waals surface area contributed by atoms with Crippen LogP contribution in [0.5, 0.6) is 5.75 Å². The number of guanidine groups is 1. The van der Waals surface area contributed by atoms with Gasteiger partial charge in [0.2, 0.25) is 0 Å². The lowest BCUT2D eigenvalue weighted by molar-refractivity contribution is 0.0597. The van der Waals surface area contributed by atoms with Crippen LogP contribution >= 0.6 is 0 Å². The molecule has 1 atom stereocenters. The van der Waals surface area contributed by atoms with Gasteiger partial charge >= 0.3 is 5.97 Å². The Morgan fingerprint density at radius 1 is 1.30 bits per heavy atom. The molecule has 1 unspecified atom stereocenters. The second kappa shape index (κ2) is 10.7. The molecule has 0 saturated carbocycles. The topological polar surface area (TPSA) is 89.8 Å². The maximum absolute atomic E-state index is 12.0. The zero-order valence-corrected chi connectivity index (χ0v) is 19.0. The summed E-state index contributed by atoms with van der Waals surface area (Å²) in [6, 6.07) is 5.58. The molecule has 0 aliphatic rings. The molecule has 30 heavy (non-hydrogen) atoms. The van der Waals surface area contributed by atoms with E-state index in [2.05, 4.69) is 34.6 Å². The predicted octanol–water partition coefficient (Wildman–Crippen LogP) is 2.52. The second-order valence-electron chi connectivity index (χ2n) is 7.24. The van der Waals surface area contributed by atoms with Crippen LogP contribution in [0.25, 0.3) is 0 Å². The van der Waals surface area contributed by atoms with Crippen molar-refractivity contribution in [1.29, 1.82) is 0 Å². The third kappa shape index (κ3) is 5.75. The van der Waals surface area contributed by atoms with Crippen LogP contribution in [0.15, 0.2) is 23.2 Å². The lowest BCUT2D eigenvalue weighted by atomic mass is 10.1. The molecule has 0 radical (unpaired) electrons. The monoisotopic (exact) mass is 415 g/mol. The summed E-state index contributed by atoms with van der Waals surface area (Å²) in [7, 11) is 4.85. The first-order valence-corrected chi connectivity index (χ1v) is 10.1. The van der Waals surface area contributed by atoms with Gasteiger partial charge in [-0.25, -0.2) is 9.79 Å². The quantitative estimate of drug-likeness (QED) is 0.391. The van der Waals surface area contributed by atoms with E-state index < -0.39 is 5.97 Å². The Labute approximate surface area is 178 Å². The van der Waals surface area contributed by atoms with Gasteiger partial charge in [0.05, 0.1) is 26.5 Å². The van der Waals surface area contributed by atoms with E-state index in [-0.39, 0.29) is 6.04 Å². The number of ether oxygens (including phenoxy) is 2. The summed E-state index contributed by atoms with van der Waals surface area (Å²) in [5.41, 5.74) is 4.77. The lowest BCUT2D eigenvalue weighted by Crippen LogP contribution is -2.43. The second-order valence-corrected chi connectivity index (χ2v) is 7.24. The molecule has 0 spiro atoms. The van der Waals surface area contributed by atoms with E-state index in [0.29, 0.717) is 17.9 Å². The highest BCUT2D eigenvalue weighted by molar-refractivity contribution is 5.92. The minimum absolute atomic E-state index is 0.172. The SMILES string of the molecule is CCNC(=NCc1ccc(OC)c(C(=O)OC)c1)NC(C)Cc1c(C)nn(C)c1C.